The highest BCUT2D eigenvalue weighted by molar-refractivity contribution is 5.02. The third-order valence-electron chi connectivity index (χ3n) is 3.21. The van der Waals surface area contributed by atoms with Crippen molar-refractivity contribution in [3.63, 3.8) is 0 Å². The second-order valence-electron chi connectivity index (χ2n) is 4.34. The Morgan fingerprint density at radius 2 is 2.26 bits per heavy atom. The maximum absolute atomic E-state index is 14.0. The van der Waals surface area contributed by atoms with Crippen molar-refractivity contribution in [3.8, 4) is 0 Å². The summed E-state index contributed by atoms with van der Waals surface area (Å²) in [5, 5.41) is 19.0. The van der Waals surface area contributed by atoms with Crippen molar-refractivity contribution in [2.75, 3.05) is 13.2 Å². The van der Waals surface area contributed by atoms with Gasteiger partial charge in [0.1, 0.15) is 11.7 Å². The zero-order valence-corrected chi connectivity index (χ0v) is 9.82. The van der Waals surface area contributed by atoms with Gasteiger partial charge in [-0.15, -0.1) is 0 Å². The van der Waals surface area contributed by atoms with Crippen LogP contribution in [-0.2, 0) is 4.74 Å². The minimum absolute atomic E-state index is 0.320. The van der Waals surface area contributed by atoms with Crippen molar-refractivity contribution >= 4 is 0 Å². The maximum atomic E-state index is 14.0. The van der Waals surface area contributed by atoms with Gasteiger partial charge in [0.15, 0.2) is 12.4 Å². The number of aromatic amines is 1. The highest BCUT2D eigenvalue weighted by Gasteiger charge is 2.55. The summed E-state index contributed by atoms with van der Waals surface area (Å²) < 4.78 is 20.0. The fraction of sp³-hybridized carbons (Fsp3) is 0.600. The van der Waals surface area contributed by atoms with Gasteiger partial charge < -0.3 is 20.7 Å². The minimum Gasteiger partial charge on any atom is -0.393 e. The summed E-state index contributed by atoms with van der Waals surface area (Å²) in [6, 6.07) is 1.02. The number of rotatable bonds is 3. The Kier molecular flexibility index (Phi) is 3.54. The molecule has 1 fully saturated rings. The normalized spacial score (nSPS) is 34.6. The van der Waals surface area contributed by atoms with Gasteiger partial charge in [-0.05, 0) is 0 Å². The first kappa shape index (κ1) is 13.9. The van der Waals surface area contributed by atoms with Gasteiger partial charge in [-0.25, -0.2) is 9.18 Å². The third kappa shape index (κ3) is 2.10. The molecule has 0 bridgehead atoms. The average molecular weight is 275 g/mol. The summed E-state index contributed by atoms with van der Waals surface area (Å²) >= 11 is 0. The molecule has 1 aromatic rings. The standard InChI is InChI=1S/C10H14FN3O5/c11-6-7(17)10(3-12,4-15)19-8(6)14-2-1-5(16)13-9(14)18/h1-2,6-8,15,17H,3-4,12H2,(H,13,16,18). The largest absolute Gasteiger partial charge is 0.393 e. The number of aliphatic hydroxyl groups excluding tert-OH is 2. The molecule has 1 saturated heterocycles. The van der Waals surface area contributed by atoms with E-state index in [1.165, 1.54) is 0 Å². The van der Waals surface area contributed by atoms with Crippen LogP contribution in [-0.4, -0.2) is 50.8 Å². The van der Waals surface area contributed by atoms with Crippen LogP contribution >= 0.6 is 0 Å². The van der Waals surface area contributed by atoms with Crippen molar-refractivity contribution in [2.45, 2.75) is 24.1 Å². The van der Waals surface area contributed by atoms with Gasteiger partial charge >= 0.3 is 5.69 Å². The average Bonchev–Trinajstić information content (AvgIpc) is 2.64. The van der Waals surface area contributed by atoms with Crippen LogP contribution in [0, 0.1) is 0 Å². The van der Waals surface area contributed by atoms with Gasteiger partial charge in [0.05, 0.1) is 6.61 Å². The predicted octanol–water partition coefficient (Wildman–Crippen LogP) is -2.55. The van der Waals surface area contributed by atoms with Crippen LogP contribution in [0.15, 0.2) is 21.9 Å². The Morgan fingerprint density at radius 3 is 2.74 bits per heavy atom. The van der Waals surface area contributed by atoms with E-state index in [4.69, 9.17) is 10.5 Å². The van der Waals surface area contributed by atoms with E-state index in [1.54, 1.807) is 0 Å². The van der Waals surface area contributed by atoms with E-state index in [0.717, 1.165) is 16.8 Å². The predicted molar refractivity (Wildman–Crippen MR) is 61.2 cm³/mol. The zero-order valence-electron chi connectivity index (χ0n) is 9.82. The van der Waals surface area contributed by atoms with Crippen LogP contribution in [0.2, 0.25) is 0 Å². The van der Waals surface area contributed by atoms with Gasteiger partial charge in [0.2, 0.25) is 0 Å². The molecule has 9 heteroatoms. The van der Waals surface area contributed by atoms with Gasteiger partial charge in [-0.2, -0.15) is 0 Å². The Bertz CT molecular complexity index is 567. The van der Waals surface area contributed by atoms with E-state index in [9.17, 15) is 24.2 Å². The van der Waals surface area contributed by atoms with Crippen LogP contribution in [0.25, 0.3) is 0 Å². The number of nitrogens with one attached hydrogen (secondary N) is 1. The number of hydrogen-bond donors (Lipinski definition) is 4. The molecular weight excluding hydrogens is 261 g/mol. The molecule has 2 rings (SSSR count). The molecule has 2 heterocycles. The summed E-state index contributed by atoms with van der Waals surface area (Å²) in [7, 11) is 0. The second kappa shape index (κ2) is 4.85. The minimum atomic E-state index is -1.96. The molecule has 1 aliphatic heterocycles. The topological polar surface area (TPSA) is 131 Å². The molecule has 0 spiro atoms. The van der Waals surface area contributed by atoms with Gasteiger partial charge in [-0.3, -0.25) is 14.3 Å². The van der Waals surface area contributed by atoms with Crippen molar-refractivity contribution < 1.29 is 19.3 Å². The van der Waals surface area contributed by atoms with E-state index < -0.39 is 42.0 Å². The molecule has 1 aromatic heterocycles. The number of hydrogen-bond acceptors (Lipinski definition) is 6. The first-order chi connectivity index (χ1) is 8.95. The lowest BCUT2D eigenvalue weighted by molar-refractivity contribution is -0.122. The molecule has 1 aliphatic rings. The lowest BCUT2D eigenvalue weighted by atomic mass is 9.97. The van der Waals surface area contributed by atoms with Crippen LogP contribution in [0.4, 0.5) is 4.39 Å². The fourth-order valence-corrected chi connectivity index (χ4v) is 2.02. The Balaban J connectivity index is 2.42. The van der Waals surface area contributed by atoms with E-state index >= 15 is 0 Å². The molecule has 8 nitrogen and oxygen atoms in total. The summed E-state index contributed by atoms with van der Waals surface area (Å²) in [6.45, 7) is -1.01. The van der Waals surface area contributed by atoms with Crippen LogP contribution in [0.5, 0.6) is 0 Å². The molecule has 0 aromatic carbocycles. The van der Waals surface area contributed by atoms with Crippen LogP contribution < -0.4 is 17.0 Å². The summed E-state index contributed by atoms with van der Waals surface area (Å²) in [6.07, 6.45) is -4.05. The number of halogens is 1. The molecule has 5 N–H and O–H groups in total. The molecular formula is C10H14FN3O5. The third-order valence-corrected chi connectivity index (χ3v) is 3.21. The number of ether oxygens (including phenoxy) is 1. The molecule has 0 aliphatic carbocycles. The van der Waals surface area contributed by atoms with Crippen molar-refractivity contribution in [1.82, 2.24) is 9.55 Å². The Labute approximate surface area is 106 Å². The number of nitrogens with two attached hydrogens (primary N) is 1. The highest BCUT2D eigenvalue weighted by Crippen LogP contribution is 2.37. The number of H-pyrrole nitrogens is 1. The monoisotopic (exact) mass is 275 g/mol. The highest BCUT2D eigenvalue weighted by atomic mass is 19.1. The number of aromatic nitrogens is 2. The molecule has 0 saturated carbocycles. The smallest absolute Gasteiger partial charge is 0.330 e. The van der Waals surface area contributed by atoms with Crippen molar-refractivity contribution in [1.29, 1.82) is 0 Å². The lowest BCUT2D eigenvalue weighted by Gasteiger charge is -2.27. The van der Waals surface area contributed by atoms with Crippen molar-refractivity contribution in [2.24, 2.45) is 5.73 Å². The molecule has 4 unspecified atom stereocenters. The van der Waals surface area contributed by atoms with Gasteiger partial charge in [0.25, 0.3) is 5.56 Å². The van der Waals surface area contributed by atoms with E-state index in [0.29, 0.717) is 0 Å². The second-order valence-corrected chi connectivity index (χ2v) is 4.34. The maximum Gasteiger partial charge on any atom is 0.330 e. The van der Waals surface area contributed by atoms with E-state index in [1.807, 2.05) is 4.98 Å². The number of nitrogens with zero attached hydrogens (tertiary/aromatic N) is 1. The zero-order chi connectivity index (χ0) is 14.2. The first-order valence-electron chi connectivity index (χ1n) is 5.57. The van der Waals surface area contributed by atoms with Gasteiger partial charge in [-0.1, -0.05) is 0 Å². The van der Waals surface area contributed by atoms with E-state index in [2.05, 4.69) is 0 Å². The molecule has 4 atom stereocenters. The molecule has 0 radical (unpaired) electrons. The number of aliphatic hydroxyl groups is 2. The van der Waals surface area contributed by atoms with E-state index in [-0.39, 0.29) is 6.54 Å². The molecule has 19 heavy (non-hydrogen) atoms. The Hall–Kier alpha value is -1.55. The lowest BCUT2D eigenvalue weighted by Crippen LogP contribution is -2.51. The van der Waals surface area contributed by atoms with Gasteiger partial charge in [0, 0.05) is 18.8 Å². The SMILES string of the molecule is NCC1(CO)OC(n2ccc(=O)[nH]c2=O)C(F)C1O. The summed E-state index contributed by atoms with van der Waals surface area (Å²) in [5.74, 6) is 0. The summed E-state index contributed by atoms with van der Waals surface area (Å²) in [4.78, 5) is 24.4. The fourth-order valence-electron chi connectivity index (χ4n) is 2.02. The van der Waals surface area contributed by atoms with Crippen LogP contribution in [0.1, 0.15) is 6.23 Å². The van der Waals surface area contributed by atoms with Crippen molar-refractivity contribution in [3.05, 3.63) is 33.1 Å². The van der Waals surface area contributed by atoms with Crippen LogP contribution in [0.3, 0.4) is 0 Å². The molecule has 106 valence electrons. The summed E-state index contributed by atoms with van der Waals surface area (Å²) in [5.41, 5.74) is 2.20. The quantitative estimate of drug-likeness (QED) is 0.480. The Morgan fingerprint density at radius 1 is 1.58 bits per heavy atom. The first-order valence-corrected chi connectivity index (χ1v) is 5.57. The number of alkyl halides is 1. The molecule has 0 amide bonds.